The zero-order chi connectivity index (χ0) is 22.8. The van der Waals surface area contributed by atoms with Gasteiger partial charge in [0.2, 0.25) is 5.91 Å². The lowest BCUT2D eigenvalue weighted by molar-refractivity contribution is -0.134. The number of methoxy groups -OCH3 is 1. The zero-order valence-electron chi connectivity index (χ0n) is 18.9. The molecule has 0 spiro atoms. The van der Waals surface area contributed by atoms with Crippen LogP contribution in [0.15, 0.2) is 24.3 Å². The first kappa shape index (κ1) is 22.2. The maximum atomic E-state index is 13.5. The van der Waals surface area contributed by atoms with Crippen molar-refractivity contribution in [2.24, 2.45) is 0 Å². The van der Waals surface area contributed by atoms with E-state index in [0.29, 0.717) is 50.0 Å². The van der Waals surface area contributed by atoms with Gasteiger partial charge in [-0.15, -0.1) is 0 Å². The monoisotopic (exact) mass is 436 g/mol. The normalized spacial score (nSPS) is 18.5. The minimum atomic E-state index is -0.281. The standard InChI is InChI=1S/C25H29FN4O2/c1-16-15-29(11-12-30(16)22(31)10-13-32-3)25-21(14-27)17(2)23(24(28-25)19-4-5-19)18-6-8-20(26)9-7-18/h6-9,16,19H,4-5,10-13,15H2,1-3H3. The van der Waals surface area contributed by atoms with Gasteiger partial charge in [-0.25, -0.2) is 9.37 Å². The molecule has 1 saturated heterocycles. The third kappa shape index (κ3) is 4.33. The molecule has 2 aliphatic rings. The van der Waals surface area contributed by atoms with Gasteiger partial charge in [-0.3, -0.25) is 4.79 Å². The van der Waals surface area contributed by atoms with E-state index in [0.717, 1.165) is 35.2 Å². The molecule has 32 heavy (non-hydrogen) atoms. The third-order valence-corrected chi connectivity index (χ3v) is 6.43. The van der Waals surface area contributed by atoms with Crippen LogP contribution in [-0.4, -0.2) is 55.2 Å². The molecular formula is C25H29FN4O2. The van der Waals surface area contributed by atoms with Gasteiger partial charge in [-0.05, 0) is 49.9 Å². The quantitative estimate of drug-likeness (QED) is 0.684. The molecule has 0 bridgehead atoms. The molecule has 1 aromatic heterocycles. The van der Waals surface area contributed by atoms with E-state index in [1.165, 1.54) is 12.1 Å². The highest BCUT2D eigenvalue weighted by Crippen LogP contribution is 2.46. The maximum Gasteiger partial charge on any atom is 0.225 e. The predicted octanol–water partition coefficient (Wildman–Crippen LogP) is 4.02. The number of hydrogen-bond donors (Lipinski definition) is 0. The second kappa shape index (κ2) is 9.25. The van der Waals surface area contributed by atoms with Crippen molar-refractivity contribution >= 4 is 11.7 Å². The number of piperazine rings is 1. The van der Waals surface area contributed by atoms with Crippen LogP contribution in [0.1, 0.15) is 48.9 Å². The first-order chi connectivity index (χ1) is 15.4. The van der Waals surface area contributed by atoms with Crippen molar-refractivity contribution in [3.8, 4) is 17.2 Å². The highest BCUT2D eigenvalue weighted by atomic mass is 19.1. The number of aromatic nitrogens is 1. The van der Waals surface area contributed by atoms with Crippen molar-refractivity contribution in [3.63, 3.8) is 0 Å². The summed E-state index contributed by atoms with van der Waals surface area (Å²) in [6.07, 6.45) is 2.52. The van der Waals surface area contributed by atoms with Gasteiger partial charge >= 0.3 is 0 Å². The van der Waals surface area contributed by atoms with E-state index in [1.54, 1.807) is 19.2 Å². The molecule has 168 valence electrons. The molecule has 4 rings (SSSR count). The minimum absolute atomic E-state index is 0.0166. The fraction of sp³-hybridized carbons (Fsp3) is 0.480. The Morgan fingerprint density at radius 3 is 2.59 bits per heavy atom. The molecule has 1 unspecified atom stereocenters. The number of pyridine rings is 1. The highest BCUT2D eigenvalue weighted by Gasteiger charge is 2.34. The maximum absolute atomic E-state index is 13.5. The van der Waals surface area contributed by atoms with Crippen LogP contribution in [0.25, 0.3) is 11.1 Å². The van der Waals surface area contributed by atoms with Crippen LogP contribution < -0.4 is 4.90 Å². The Morgan fingerprint density at radius 2 is 2.00 bits per heavy atom. The Hall–Kier alpha value is -2.98. The van der Waals surface area contributed by atoms with Crippen LogP contribution in [0.2, 0.25) is 0 Å². The molecule has 0 radical (unpaired) electrons. The van der Waals surface area contributed by atoms with Crippen molar-refractivity contribution < 1.29 is 13.9 Å². The molecular weight excluding hydrogens is 407 g/mol. The van der Waals surface area contributed by atoms with Gasteiger partial charge in [-0.2, -0.15) is 5.26 Å². The summed E-state index contributed by atoms with van der Waals surface area (Å²) >= 11 is 0. The van der Waals surface area contributed by atoms with E-state index >= 15 is 0 Å². The van der Waals surface area contributed by atoms with E-state index in [1.807, 2.05) is 18.7 Å². The lowest BCUT2D eigenvalue weighted by Gasteiger charge is -2.41. The summed E-state index contributed by atoms with van der Waals surface area (Å²) in [7, 11) is 1.60. The first-order valence-corrected chi connectivity index (χ1v) is 11.2. The van der Waals surface area contributed by atoms with Crippen molar-refractivity contribution in [3.05, 3.63) is 46.9 Å². The van der Waals surface area contributed by atoms with E-state index < -0.39 is 0 Å². The third-order valence-electron chi connectivity index (χ3n) is 6.43. The zero-order valence-corrected chi connectivity index (χ0v) is 18.9. The summed E-state index contributed by atoms with van der Waals surface area (Å²) in [5.74, 6) is 0.883. The van der Waals surface area contributed by atoms with E-state index in [4.69, 9.17) is 9.72 Å². The van der Waals surface area contributed by atoms with Gasteiger partial charge in [0.05, 0.1) is 24.3 Å². The molecule has 1 aliphatic heterocycles. The Morgan fingerprint density at radius 1 is 1.28 bits per heavy atom. The van der Waals surface area contributed by atoms with Crippen molar-refractivity contribution in [1.82, 2.24) is 9.88 Å². The minimum Gasteiger partial charge on any atom is -0.384 e. The summed E-state index contributed by atoms with van der Waals surface area (Å²) < 4.78 is 18.6. The summed E-state index contributed by atoms with van der Waals surface area (Å²) in [5, 5.41) is 10.0. The van der Waals surface area contributed by atoms with E-state index in [9.17, 15) is 14.4 Å². The van der Waals surface area contributed by atoms with Crippen LogP contribution >= 0.6 is 0 Å². The molecule has 0 N–H and O–H groups in total. The lowest BCUT2D eigenvalue weighted by Crippen LogP contribution is -2.54. The first-order valence-electron chi connectivity index (χ1n) is 11.2. The van der Waals surface area contributed by atoms with Gasteiger partial charge in [0.15, 0.2) is 0 Å². The fourth-order valence-electron chi connectivity index (χ4n) is 4.56. The molecule has 1 atom stereocenters. The number of hydrogen-bond acceptors (Lipinski definition) is 5. The van der Waals surface area contributed by atoms with Gasteiger partial charge in [0.1, 0.15) is 17.7 Å². The molecule has 1 aliphatic carbocycles. The van der Waals surface area contributed by atoms with E-state index in [-0.39, 0.29) is 17.8 Å². The lowest BCUT2D eigenvalue weighted by atomic mass is 9.93. The average molecular weight is 437 g/mol. The number of carbonyl (C=O) groups excluding carboxylic acids is 1. The number of nitriles is 1. The Kier molecular flexibility index (Phi) is 6.43. The fourth-order valence-corrected chi connectivity index (χ4v) is 4.56. The van der Waals surface area contributed by atoms with Gasteiger partial charge < -0.3 is 14.5 Å². The number of benzene rings is 1. The highest BCUT2D eigenvalue weighted by molar-refractivity contribution is 5.78. The van der Waals surface area contributed by atoms with Gasteiger partial charge in [0, 0.05) is 44.3 Å². The summed E-state index contributed by atoms with van der Waals surface area (Å²) in [6.45, 7) is 6.26. The number of rotatable bonds is 6. The number of anilines is 1. The SMILES string of the molecule is COCCC(=O)N1CCN(c2nc(C3CC3)c(-c3ccc(F)cc3)c(C)c2C#N)CC1C. The van der Waals surface area contributed by atoms with Crippen LogP contribution in [0.3, 0.4) is 0 Å². The number of ether oxygens (including phenoxy) is 1. The van der Waals surface area contributed by atoms with Crippen molar-refractivity contribution in [2.45, 2.75) is 45.1 Å². The van der Waals surface area contributed by atoms with Crippen molar-refractivity contribution in [2.75, 3.05) is 38.3 Å². The average Bonchev–Trinajstić information content (AvgIpc) is 3.63. The molecule has 1 saturated carbocycles. The second-order valence-corrected chi connectivity index (χ2v) is 8.71. The predicted molar refractivity (Wildman–Crippen MR) is 121 cm³/mol. The molecule has 1 aromatic carbocycles. The van der Waals surface area contributed by atoms with Gasteiger partial charge in [-0.1, -0.05) is 12.1 Å². The number of amides is 1. The summed E-state index contributed by atoms with van der Waals surface area (Å²) in [4.78, 5) is 21.6. The number of nitrogens with zero attached hydrogens (tertiary/aromatic N) is 4. The Balaban J connectivity index is 1.68. The van der Waals surface area contributed by atoms with Crippen LogP contribution in [0.4, 0.5) is 10.2 Å². The molecule has 7 heteroatoms. The Bertz CT molecular complexity index is 1040. The number of halogens is 1. The molecule has 6 nitrogen and oxygen atoms in total. The van der Waals surface area contributed by atoms with Crippen LogP contribution in [0, 0.1) is 24.1 Å². The molecule has 2 fully saturated rings. The van der Waals surface area contributed by atoms with E-state index in [2.05, 4.69) is 11.0 Å². The summed E-state index contributed by atoms with van der Waals surface area (Å²) in [5.41, 5.74) is 4.28. The second-order valence-electron chi connectivity index (χ2n) is 8.71. The number of carbonyl (C=O) groups is 1. The largest absolute Gasteiger partial charge is 0.384 e. The van der Waals surface area contributed by atoms with Crippen molar-refractivity contribution in [1.29, 1.82) is 5.26 Å². The van der Waals surface area contributed by atoms with Crippen LogP contribution in [-0.2, 0) is 9.53 Å². The molecule has 2 heterocycles. The van der Waals surface area contributed by atoms with Crippen LogP contribution in [0.5, 0.6) is 0 Å². The Labute approximate surface area is 188 Å². The van der Waals surface area contributed by atoms with Gasteiger partial charge in [0.25, 0.3) is 0 Å². The smallest absolute Gasteiger partial charge is 0.225 e. The molecule has 2 aromatic rings. The topological polar surface area (TPSA) is 69.5 Å². The summed E-state index contributed by atoms with van der Waals surface area (Å²) in [6, 6.07) is 8.81. The molecule has 1 amide bonds.